The molecule has 1 aromatic heterocycles. The Kier molecular flexibility index (Phi) is 5.50. The number of rotatable bonds is 6. The number of aryl methyl sites for hydroxylation is 1. The van der Waals surface area contributed by atoms with Crippen molar-refractivity contribution in [2.24, 2.45) is 0 Å². The van der Waals surface area contributed by atoms with Crippen LogP contribution in [0.5, 0.6) is 11.5 Å². The molecule has 1 heterocycles. The van der Waals surface area contributed by atoms with Crippen LogP contribution in [-0.4, -0.2) is 26.8 Å². The molecule has 0 spiro atoms. The average molecular weight is 335 g/mol. The maximum atomic E-state index is 12.3. The number of hydrogen-bond donors (Lipinski definition) is 1. The number of thiophene rings is 1. The predicted molar refractivity (Wildman–Crippen MR) is 92.6 cm³/mol. The summed E-state index contributed by atoms with van der Waals surface area (Å²) in [6, 6.07) is 5.56. The molecule has 2 aromatic rings. The van der Waals surface area contributed by atoms with E-state index in [0.717, 1.165) is 22.4 Å². The second-order valence-corrected chi connectivity index (χ2v) is 5.92. The molecule has 0 unspecified atom stereocenters. The molecule has 2 rings (SSSR count). The number of carbonyl (C=O) groups is 1. The highest BCUT2D eigenvalue weighted by Gasteiger charge is 2.24. The molecule has 5 nitrogen and oxygen atoms in total. The van der Waals surface area contributed by atoms with Crippen LogP contribution in [0.4, 0.5) is 5.00 Å². The molecule has 1 aromatic carbocycles. The first kappa shape index (κ1) is 17.1. The SMILES string of the molecule is CCOC(=O)c1c(N)sc(CC)c1-c1ccc(OC)c(OC)c1. The lowest BCUT2D eigenvalue weighted by Gasteiger charge is -2.11. The van der Waals surface area contributed by atoms with E-state index in [1.807, 2.05) is 25.1 Å². The summed E-state index contributed by atoms with van der Waals surface area (Å²) < 4.78 is 15.8. The van der Waals surface area contributed by atoms with Gasteiger partial charge in [-0.2, -0.15) is 0 Å². The zero-order valence-corrected chi connectivity index (χ0v) is 14.6. The summed E-state index contributed by atoms with van der Waals surface area (Å²) in [4.78, 5) is 13.4. The number of hydrogen-bond acceptors (Lipinski definition) is 6. The largest absolute Gasteiger partial charge is 0.493 e. The number of nitrogens with two attached hydrogens (primary N) is 1. The van der Waals surface area contributed by atoms with Crippen LogP contribution in [0.2, 0.25) is 0 Å². The van der Waals surface area contributed by atoms with Crippen LogP contribution in [0.1, 0.15) is 29.1 Å². The number of carbonyl (C=O) groups excluding carboxylic acids is 1. The highest BCUT2D eigenvalue weighted by atomic mass is 32.1. The fourth-order valence-corrected chi connectivity index (χ4v) is 3.47. The monoisotopic (exact) mass is 335 g/mol. The first-order valence-corrected chi connectivity index (χ1v) is 8.19. The van der Waals surface area contributed by atoms with E-state index in [9.17, 15) is 4.79 Å². The van der Waals surface area contributed by atoms with Gasteiger partial charge in [0.15, 0.2) is 11.5 Å². The number of methoxy groups -OCH3 is 2. The van der Waals surface area contributed by atoms with E-state index in [1.165, 1.54) is 11.3 Å². The highest BCUT2D eigenvalue weighted by Crippen LogP contribution is 2.42. The van der Waals surface area contributed by atoms with Crippen molar-refractivity contribution in [1.82, 2.24) is 0 Å². The average Bonchev–Trinajstić information content (AvgIpc) is 2.90. The third-order valence-electron chi connectivity index (χ3n) is 3.48. The Morgan fingerprint density at radius 1 is 1.17 bits per heavy atom. The van der Waals surface area contributed by atoms with Crippen LogP contribution in [0, 0.1) is 0 Å². The van der Waals surface area contributed by atoms with Crippen LogP contribution >= 0.6 is 11.3 Å². The van der Waals surface area contributed by atoms with Crippen LogP contribution in [0.3, 0.4) is 0 Å². The Bertz CT molecular complexity index is 709. The number of esters is 1. The van der Waals surface area contributed by atoms with Gasteiger partial charge in [0.05, 0.1) is 20.8 Å². The maximum Gasteiger partial charge on any atom is 0.341 e. The number of ether oxygens (including phenoxy) is 3. The van der Waals surface area contributed by atoms with Gasteiger partial charge in [0.1, 0.15) is 10.6 Å². The first-order valence-electron chi connectivity index (χ1n) is 7.37. The number of nitrogen functional groups attached to an aromatic ring is 1. The second kappa shape index (κ2) is 7.37. The molecule has 124 valence electrons. The van der Waals surface area contributed by atoms with Crippen LogP contribution in [-0.2, 0) is 11.2 Å². The van der Waals surface area contributed by atoms with Crippen molar-refractivity contribution < 1.29 is 19.0 Å². The third-order valence-corrected chi connectivity index (χ3v) is 4.64. The lowest BCUT2D eigenvalue weighted by Crippen LogP contribution is -2.07. The summed E-state index contributed by atoms with van der Waals surface area (Å²) in [6.45, 7) is 4.11. The zero-order valence-electron chi connectivity index (χ0n) is 13.8. The molecule has 6 heteroatoms. The Balaban J connectivity index is 2.64. The van der Waals surface area contributed by atoms with E-state index in [0.29, 0.717) is 28.7 Å². The lowest BCUT2D eigenvalue weighted by atomic mass is 9.99. The van der Waals surface area contributed by atoms with Crippen molar-refractivity contribution >= 4 is 22.3 Å². The molecule has 2 N–H and O–H groups in total. The van der Waals surface area contributed by atoms with Gasteiger partial charge in [0, 0.05) is 10.4 Å². The van der Waals surface area contributed by atoms with Gasteiger partial charge < -0.3 is 19.9 Å². The first-order chi connectivity index (χ1) is 11.1. The zero-order chi connectivity index (χ0) is 17.0. The van der Waals surface area contributed by atoms with Gasteiger partial charge >= 0.3 is 5.97 Å². The summed E-state index contributed by atoms with van der Waals surface area (Å²) in [6.07, 6.45) is 0.776. The fourth-order valence-electron chi connectivity index (χ4n) is 2.45. The summed E-state index contributed by atoms with van der Waals surface area (Å²) in [7, 11) is 3.16. The molecule has 0 aliphatic heterocycles. The van der Waals surface area contributed by atoms with Crippen LogP contribution < -0.4 is 15.2 Å². The summed E-state index contributed by atoms with van der Waals surface area (Å²) in [5.41, 5.74) is 8.18. The van der Waals surface area contributed by atoms with Crippen molar-refractivity contribution in [3.63, 3.8) is 0 Å². The molecule has 0 saturated carbocycles. The van der Waals surface area contributed by atoms with E-state index in [-0.39, 0.29) is 0 Å². The maximum absolute atomic E-state index is 12.3. The molecule has 0 amide bonds. The molecule has 0 saturated heterocycles. The second-order valence-electron chi connectivity index (χ2n) is 4.78. The molecule has 0 aliphatic carbocycles. The molecular weight excluding hydrogens is 314 g/mol. The van der Waals surface area contributed by atoms with Crippen molar-refractivity contribution in [2.45, 2.75) is 20.3 Å². The quantitative estimate of drug-likeness (QED) is 0.814. The third kappa shape index (κ3) is 3.27. The van der Waals surface area contributed by atoms with E-state index in [1.54, 1.807) is 21.1 Å². The molecule has 0 fully saturated rings. The summed E-state index contributed by atoms with van der Waals surface area (Å²) >= 11 is 1.42. The highest BCUT2D eigenvalue weighted by molar-refractivity contribution is 7.17. The molecule has 0 bridgehead atoms. The van der Waals surface area contributed by atoms with E-state index in [4.69, 9.17) is 19.9 Å². The summed E-state index contributed by atoms with van der Waals surface area (Å²) in [5, 5.41) is 0.477. The lowest BCUT2D eigenvalue weighted by molar-refractivity contribution is 0.0529. The van der Waals surface area contributed by atoms with Gasteiger partial charge in [-0.15, -0.1) is 11.3 Å². The van der Waals surface area contributed by atoms with Crippen LogP contribution in [0.25, 0.3) is 11.1 Å². The minimum atomic E-state index is -0.397. The van der Waals surface area contributed by atoms with Gasteiger partial charge in [-0.1, -0.05) is 13.0 Å². The fraction of sp³-hybridized carbons (Fsp3) is 0.353. The normalized spacial score (nSPS) is 10.4. The predicted octanol–water partition coefficient (Wildman–Crippen LogP) is 3.75. The minimum Gasteiger partial charge on any atom is -0.493 e. The summed E-state index contributed by atoms with van der Waals surface area (Å²) in [5.74, 6) is 0.840. The molecule has 0 aliphatic rings. The van der Waals surface area contributed by atoms with E-state index in [2.05, 4.69) is 0 Å². The van der Waals surface area contributed by atoms with Crippen molar-refractivity contribution in [1.29, 1.82) is 0 Å². The van der Waals surface area contributed by atoms with Gasteiger partial charge in [-0.3, -0.25) is 0 Å². The molecule has 23 heavy (non-hydrogen) atoms. The molecule has 0 atom stereocenters. The molecule has 0 radical (unpaired) electrons. The van der Waals surface area contributed by atoms with E-state index < -0.39 is 5.97 Å². The van der Waals surface area contributed by atoms with E-state index >= 15 is 0 Å². The van der Waals surface area contributed by atoms with Gasteiger partial charge in [0.2, 0.25) is 0 Å². The Morgan fingerprint density at radius 2 is 1.87 bits per heavy atom. The Morgan fingerprint density at radius 3 is 2.43 bits per heavy atom. The Labute approximate surface area is 140 Å². The topological polar surface area (TPSA) is 70.8 Å². The van der Waals surface area contributed by atoms with Gasteiger partial charge in [-0.25, -0.2) is 4.79 Å². The van der Waals surface area contributed by atoms with Gasteiger partial charge in [-0.05, 0) is 31.0 Å². The smallest absolute Gasteiger partial charge is 0.341 e. The van der Waals surface area contributed by atoms with Crippen molar-refractivity contribution in [2.75, 3.05) is 26.6 Å². The van der Waals surface area contributed by atoms with Crippen molar-refractivity contribution in [3.05, 3.63) is 28.6 Å². The number of benzene rings is 1. The van der Waals surface area contributed by atoms with Crippen LogP contribution in [0.15, 0.2) is 18.2 Å². The Hall–Kier alpha value is -2.21. The number of anilines is 1. The minimum absolute atomic E-state index is 0.306. The molecular formula is C17H21NO4S. The standard InChI is InChI=1S/C17H21NO4S/c1-5-13-14(15(16(18)23-13)17(19)22-6-2)10-7-8-11(20-3)12(9-10)21-4/h7-9H,5-6,18H2,1-4H3. The van der Waals surface area contributed by atoms with Crippen molar-refractivity contribution in [3.8, 4) is 22.6 Å². The van der Waals surface area contributed by atoms with Gasteiger partial charge in [0.25, 0.3) is 0 Å².